The maximum atomic E-state index is 13.6. The molecule has 1 saturated carbocycles. The van der Waals surface area contributed by atoms with Crippen molar-refractivity contribution in [2.75, 3.05) is 16.8 Å². The summed E-state index contributed by atoms with van der Waals surface area (Å²) in [5.74, 6) is -2.39. The summed E-state index contributed by atoms with van der Waals surface area (Å²) in [6.45, 7) is -0.757. The number of carbonyl (C=O) groups is 2. The predicted octanol–water partition coefficient (Wildman–Crippen LogP) is 7.14. The first-order valence-electron chi connectivity index (χ1n) is 15.1. The summed E-state index contributed by atoms with van der Waals surface area (Å²) >= 11 is 0. The van der Waals surface area contributed by atoms with Crippen LogP contribution in [0.2, 0.25) is 0 Å². The molecule has 1 atom stereocenters. The lowest BCUT2D eigenvalue weighted by molar-refractivity contribution is -0.403. The quantitative estimate of drug-likeness (QED) is 0.0890. The molecular formula is C33H32F6N4O6. The number of carboxylic acid groups (broad SMARTS) is 1. The number of nitrogens with one attached hydrogen (secondary N) is 2. The van der Waals surface area contributed by atoms with Crippen LogP contribution in [-0.2, 0) is 23.7 Å². The number of nitro groups is 1. The van der Waals surface area contributed by atoms with Crippen LogP contribution in [0, 0.1) is 10.1 Å². The Morgan fingerprint density at radius 2 is 1.49 bits per heavy atom. The third-order valence-electron chi connectivity index (χ3n) is 7.96. The highest BCUT2D eigenvalue weighted by Crippen LogP contribution is 2.39. The van der Waals surface area contributed by atoms with E-state index in [0.29, 0.717) is 35.5 Å². The average molecular weight is 695 g/mol. The molecule has 4 N–H and O–H groups in total. The molecule has 0 spiro atoms. The molecule has 0 radical (unpaired) electrons. The van der Waals surface area contributed by atoms with Crippen LogP contribution in [0.3, 0.4) is 0 Å². The van der Waals surface area contributed by atoms with E-state index in [1.54, 1.807) is 12.1 Å². The van der Waals surface area contributed by atoms with E-state index in [2.05, 4.69) is 10.6 Å². The number of benzene rings is 3. The van der Waals surface area contributed by atoms with Crippen LogP contribution < -0.4 is 15.5 Å². The van der Waals surface area contributed by atoms with Gasteiger partial charge in [0, 0.05) is 23.5 Å². The van der Waals surface area contributed by atoms with E-state index in [9.17, 15) is 51.2 Å². The van der Waals surface area contributed by atoms with Crippen LogP contribution in [0.25, 0.3) is 0 Å². The summed E-state index contributed by atoms with van der Waals surface area (Å²) in [4.78, 5) is 35.4. The van der Waals surface area contributed by atoms with Gasteiger partial charge in [-0.1, -0.05) is 43.5 Å². The summed E-state index contributed by atoms with van der Waals surface area (Å²) in [5.41, 5.74) is -2.08. The molecule has 0 bridgehead atoms. The average Bonchev–Trinajstić information content (AvgIpc) is 3.05. The largest absolute Gasteiger partial charge is 0.479 e. The van der Waals surface area contributed by atoms with Crippen LogP contribution in [0.1, 0.15) is 70.6 Å². The van der Waals surface area contributed by atoms with E-state index in [4.69, 9.17) is 5.11 Å². The van der Waals surface area contributed by atoms with Crippen molar-refractivity contribution in [3.05, 3.63) is 117 Å². The predicted molar refractivity (Wildman–Crippen MR) is 166 cm³/mol. The molecule has 1 amide bonds. The molecule has 4 rings (SSSR count). The molecule has 1 fully saturated rings. The molecule has 3 aromatic carbocycles. The smallest absolute Gasteiger partial charge is 0.416 e. The third-order valence-corrected chi connectivity index (χ3v) is 7.96. The minimum Gasteiger partial charge on any atom is -0.479 e. The highest BCUT2D eigenvalue weighted by molar-refractivity contribution is 5.94. The summed E-state index contributed by atoms with van der Waals surface area (Å²) < 4.78 is 81.6. The first-order chi connectivity index (χ1) is 23.0. The molecule has 1 aliphatic carbocycles. The molecular weight excluding hydrogens is 662 g/mol. The number of nitrogens with zero attached hydrogens (tertiary/aromatic N) is 2. The Morgan fingerprint density at radius 1 is 0.918 bits per heavy atom. The number of amides is 1. The topological polar surface area (TPSA) is 145 Å². The number of hydrogen-bond acceptors (Lipinski definition) is 7. The van der Waals surface area contributed by atoms with Crippen molar-refractivity contribution in [3.8, 4) is 0 Å². The molecule has 0 saturated heterocycles. The fourth-order valence-electron chi connectivity index (χ4n) is 5.45. The molecule has 1 aliphatic rings. The van der Waals surface area contributed by atoms with Gasteiger partial charge in [0.1, 0.15) is 0 Å². The highest BCUT2D eigenvalue weighted by atomic mass is 19.4. The Kier molecular flexibility index (Phi) is 11.5. The van der Waals surface area contributed by atoms with E-state index < -0.39 is 64.4 Å². The van der Waals surface area contributed by atoms with Gasteiger partial charge in [0.2, 0.25) is 0 Å². The number of aliphatic carboxylic acids is 1. The van der Waals surface area contributed by atoms with Crippen LogP contribution in [0.4, 0.5) is 37.7 Å². The molecule has 0 heterocycles. The van der Waals surface area contributed by atoms with Crippen molar-refractivity contribution in [1.82, 2.24) is 5.32 Å². The van der Waals surface area contributed by atoms with Crippen molar-refractivity contribution in [2.24, 2.45) is 0 Å². The standard InChI is InChI=1S/C33H32F6N4O6/c34-32(35,36)24-14-25(33(37,38)39)16-26(15-24)41-29(19-43(48)49)42(27-12-10-22(11-13-27)21-4-2-1-3-5-21)18-20-6-8-23(9-7-20)30(45)40-17-28(44)31(46)47/h6-16,19,21,28,41,44H,1-5,17-18H2,(H,40,45)(H,46,47)/b29-19-/t28-/m1/s1. The number of carbonyl (C=O) groups excluding carboxylic acids is 1. The van der Waals surface area contributed by atoms with Crippen LogP contribution >= 0.6 is 0 Å². The van der Waals surface area contributed by atoms with Crippen LogP contribution in [0.15, 0.2) is 78.8 Å². The van der Waals surface area contributed by atoms with E-state index in [1.807, 2.05) is 12.1 Å². The lowest BCUT2D eigenvalue weighted by Crippen LogP contribution is -2.36. The van der Waals surface area contributed by atoms with Crippen molar-refractivity contribution in [3.63, 3.8) is 0 Å². The van der Waals surface area contributed by atoms with Gasteiger partial charge in [-0.05, 0) is 72.4 Å². The normalized spacial score (nSPS) is 15.0. The van der Waals surface area contributed by atoms with E-state index in [0.717, 1.165) is 37.7 Å². The molecule has 262 valence electrons. The SMILES string of the molecule is O=C(NC[C@@H](O)C(=O)O)c1ccc(CN(/C(=C\[N+](=O)[O-])Nc2cc(C(F)(F)F)cc(C(F)(F)F)c2)c2ccc(C3CCCCC3)cc2)cc1. The molecule has 10 nitrogen and oxygen atoms in total. The van der Waals surface area contributed by atoms with Gasteiger partial charge in [0.15, 0.2) is 11.9 Å². The Labute approximate surface area is 276 Å². The summed E-state index contributed by atoms with van der Waals surface area (Å²) in [6.07, 6.45) is -6.51. The molecule has 3 aromatic rings. The Hall–Kier alpha value is -5.12. The lowest BCUT2D eigenvalue weighted by Gasteiger charge is -2.28. The zero-order valence-corrected chi connectivity index (χ0v) is 25.7. The maximum Gasteiger partial charge on any atom is 0.416 e. The van der Waals surface area contributed by atoms with E-state index in [-0.39, 0.29) is 18.2 Å². The van der Waals surface area contributed by atoms with Gasteiger partial charge < -0.3 is 25.7 Å². The fraction of sp³-hybridized carbons (Fsp3) is 0.333. The van der Waals surface area contributed by atoms with Gasteiger partial charge in [-0.15, -0.1) is 0 Å². The number of aliphatic hydroxyl groups excluding tert-OH is 1. The lowest BCUT2D eigenvalue weighted by atomic mass is 9.84. The summed E-state index contributed by atoms with van der Waals surface area (Å²) in [7, 11) is 0. The Morgan fingerprint density at radius 3 is 2.00 bits per heavy atom. The first-order valence-corrected chi connectivity index (χ1v) is 15.1. The number of carboxylic acids is 1. The van der Waals surface area contributed by atoms with Gasteiger partial charge >= 0.3 is 18.3 Å². The van der Waals surface area contributed by atoms with E-state index in [1.165, 1.54) is 29.2 Å². The number of halogens is 6. The second-order valence-electron chi connectivity index (χ2n) is 11.5. The Bertz CT molecular complexity index is 1640. The van der Waals surface area contributed by atoms with Crippen LogP contribution in [0.5, 0.6) is 0 Å². The second kappa shape index (κ2) is 15.4. The van der Waals surface area contributed by atoms with Gasteiger partial charge in [-0.25, -0.2) is 4.79 Å². The van der Waals surface area contributed by atoms with Crippen molar-refractivity contribution in [2.45, 2.75) is 63.0 Å². The van der Waals surface area contributed by atoms with Crippen LogP contribution in [-0.4, -0.2) is 39.7 Å². The van der Waals surface area contributed by atoms with Gasteiger partial charge in [-0.2, -0.15) is 26.3 Å². The zero-order chi connectivity index (χ0) is 35.9. The van der Waals surface area contributed by atoms with Gasteiger partial charge in [-0.3, -0.25) is 14.9 Å². The van der Waals surface area contributed by atoms with Crippen molar-refractivity contribution >= 4 is 23.3 Å². The Balaban J connectivity index is 1.72. The summed E-state index contributed by atoms with van der Waals surface area (Å²) in [5, 5.41) is 34.6. The van der Waals surface area contributed by atoms with Crippen molar-refractivity contribution < 1.29 is 51.1 Å². The molecule has 0 unspecified atom stereocenters. The number of rotatable bonds is 12. The second-order valence-corrected chi connectivity index (χ2v) is 11.5. The third kappa shape index (κ3) is 10.2. The van der Waals surface area contributed by atoms with Crippen molar-refractivity contribution in [1.29, 1.82) is 0 Å². The molecule has 0 aliphatic heterocycles. The number of alkyl halides is 6. The van der Waals surface area contributed by atoms with Gasteiger partial charge in [0.05, 0.1) is 22.6 Å². The number of anilines is 2. The number of aliphatic hydroxyl groups is 1. The highest BCUT2D eigenvalue weighted by Gasteiger charge is 2.37. The monoisotopic (exact) mass is 694 g/mol. The first kappa shape index (κ1) is 36.7. The van der Waals surface area contributed by atoms with Gasteiger partial charge in [0.25, 0.3) is 12.1 Å². The molecule has 16 heteroatoms. The molecule has 49 heavy (non-hydrogen) atoms. The zero-order valence-electron chi connectivity index (χ0n) is 25.7. The minimum absolute atomic E-state index is 0.0517. The van der Waals surface area contributed by atoms with E-state index >= 15 is 0 Å². The summed E-state index contributed by atoms with van der Waals surface area (Å²) in [6, 6.07) is 13.4. The number of hydrogen-bond donors (Lipinski definition) is 4. The molecule has 0 aromatic heterocycles. The fourth-order valence-corrected chi connectivity index (χ4v) is 5.45. The maximum absolute atomic E-state index is 13.6. The minimum atomic E-state index is -5.15.